The van der Waals surface area contributed by atoms with Gasteiger partial charge < -0.3 is 10.2 Å². The summed E-state index contributed by atoms with van der Waals surface area (Å²) in [5, 5.41) is 3.16. The third-order valence-electron chi connectivity index (χ3n) is 5.13. The second-order valence-corrected chi connectivity index (χ2v) is 7.18. The van der Waals surface area contributed by atoms with E-state index in [1.807, 2.05) is 55.5 Å². The van der Waals surface area contributed by atoms with Crippen LogP contribution in [0.5, 0.6) is 0 Å². The zero-order valence-corrected chi connectivity index (χ0v) is 16.0. The molecule has 0 aliphatic carbocycles. The summed E-state index contributed by atoms with van der Waals surface area (Å²) in [4.78, 5) is 24.0. The molecule has 2 heterocycles. The van der Waals surface area contributed by atoms with Gasteiger partial charge in [-0.05, 0) is 37.5 Å². The lowest BCUT2D eigenvalue weighted by Crippen LogP contribution is -2.41. The highest BCUT2D eigenvalue weighted by Crippen LogP contribution is 2.29. The number of carbonyl (C=O) groups is 1. The molecule has 1 fully saturated rings. The van der Waals surface area contributed by atoms with Crippen LogP contribution in [0, 0.1) is 12.8 Å². The number of carbonyl (C=O) groups excluding carboxylic acids is 1. The zero-order valence-electron chi connectivity index (χ0n) is 16.0. The highest BCUT2D eigenvalue weighted by molar-refractivity contribution is 5.97. The average Bonchev–Trinajstić information content (AvgIpc) is 2.75. The van der Waals surface area contributed by atoms with Crippen molar-refractivity contribution in [2.24, 2.45) is 5.92 Å². The molecule has 0 bridgehead atoms. The maximum atomic E-state index is 13.0. The molecule has 5 heteroatoms. The van der Waals surface area contributed by atoms with Crippen molar-refractivity contribution in [1.82, 2.24) is 9.97 Å². The first-order chi connectivity index (χ1) is 13.7. The van der Waals surface area contributed by atoms with Crippen molar-refractivity contribution in [3.63, 3.8) is 0 Å². The Morgan fingerprint density at radius 2 is 1.86 bits per heavy atom. The Labute approximate surface area is 165 Å². The number of nitrogens with zero attached hydrogens (tertiary/aromatic N) is 3. The van der Waals surface area contributed by atoms with Crippen LogP contribution in [0.4, 0.5) is 11.6 Å². The molecule has 0 radical (unpaired) electrons. The summed E-state index contributed by atoms with van der Waals surface area (Å²) in [5.74, 6) is 0.685. The number of nitrogens with one attached hydrogen (secondary N) is 1. The molecule has 2 aromatic carbocycles. The molecule has 28 heavy (non-hydrogen) atoms. The Morgan fingerprint density at radius 3 is 2.68 bits per heavy atom. The average molecular weight is 372 g/mol. The van der Waals surface area contributed by atoms with Crippen LogP contribution in [0.1, 0.15) is 18.5 Å². The lowest BCUT2D eigenvalue weighted by atomic mass is 9.96. The number of aromatic nitrogens is 2. The fourth-order valence-electron chi connectivity index (χ4n) is 3.66. The van der Waals surface area contributed by atoms with Gasteiger partial charge in [-0.25, -0.2) is 9.97 Å². The molecule has 1 aliphatic heterocycles. The van der Waals surface area contributed by atoms with Gasteiger partial charge in [0, 0.05) is 36.2 Å². The number of amides is 1. The van der Waals surface area contributed by atoms with Crippen LogP contribution in [0.15, 0.2) is 66.9 Å². The third kappa shape index (κ3) is 4.03. The van der Waals surface area contributed by atoms with Gasteiger partial charge in [-0.3, -0.25) is 4.79 Å². The van der Waals surface area contributed by atoms with E-state index >= 15 is 0 Å². The van der Waals surface area contributed by atoms with Crippen molar-refractivity contribution < 1.29 is 4.79 Å². The van der Waals surface area contributed by atoms with E-state index in [0.29, 0.717) is 12.5 Å². The van der Waals surface area contributed by atoms with E-state index in [4.69, 9.17) is 0 Å². The molecular weight excluding hydrogens is 348 g/mol. The molecule has 142 valence electrons. The third-order valence-corrected chi connectivity index (χ3v) is 5.13. The molecule has 1 amide bonds. The van der Waals surface area contributed by atoms with Gasteiger partial charge in [0.25, 0.3) is 0 Å². The van der Waals surface area contributed by atoms with Gasteiger partial charge in [0.2, 0.25) is 11.9 Å². The summed E-state index contributed by atoms with van der Waals surface area (Å²) in [6.45, 7) is 3.48. The Kier molecular flexibility index (Phi) is 5.33. The van der Waals surface area contributed by atoms with E-state index < -0.39 is 0 Å². The van der Waals surface area contributed by atoms with Crippen LogP contribution in [0.25, 0.3) is 11.1 Å². The Hall–Kier alpha value is -3.21. The van der Waals surface area contributed by atoms with Crippen molar-refractivity contribution >= 4 is 17.5 Å². The fourth-order valence-corrected chi connectivity index (χ4v) is 3.66. The second kappa shape index (κ2) is 8.21. The van der Waals surface area contributed by atoms with Crippen LogP contribution < -0.4 is 10.2 Å². The number of rotatable bonds is 4. The van der Waals surface area contributed by atoms with Crippen LogP contribution in [0.3, 0.4) is 0 Å². The summed E-state index contributed by atoms with van der Waals surface area (Å²) >= 11 is 0. The molecule has 1 atom stereocenters. The van der Waals surface area contributed by atoms with Gasteiger partial charge in [0.1, 0.15) is 0 Å². The normalized spacial score (nSPS) is 16.6. The summed E-state index contributed by atoms with van der Waals surface area (Å²) in [6.07, 6.45) is 3.61. The maximum Gasteiger partial charge on any atom is 0.229 e. The first-order valence-electron chi connectivity index (χ1n) is 9.70. The molecule has 1 N–H and O–H groups in total. The van der Waals surface area contributed by atoms with Crippen molar-refractivity contribution in [2.75, 3.05) is 23.3 Å². The highest BCUT2D eigenvalue weighted by atomic mass is 16.1. The largest absolute Gasteiger partial charge is 0.340 e. The number of piperidine rings is 1. The molecule has 1 aliphatic rings. The van der Waals surface area contributed by atoms with Crippen molar-refractivity contribution in [3.8, 4) is 11.1 Å². The lowest BCUT2D eigenvalue weighted by Gasteiger charge is -2.32. The number of hydrogen-bond donors (Lipinski definition) is 1. The van der Waals surface area contributed by atoms with E-state index in [-0.39, 0.29) is 11.8 Å². The predicted octanol–water partition coefficient (Wildman–Crippen LogP) is 4.31. The number of aryl methyl sites for hydroxylation is 1. The summed E-state index contributed by atoms with van der Waals surface area (Å²) < 4.78 is 0. The molecule has 1 saturated heterocycles. The summed E-state index contributed by atoms with van der Waals surface area (Å²) in [5.41, 5.74) is 3.92. The second-order valence-electron chi connectivity index (χ2n) is 7.18. The van der Waals surface area contributed by atoms with Crippen molar-refractivity contribution in [2.45, 2.75) is 19.8 Å². The number of anilines is 2. The molecule has 0 spiro atoms. The predicted molar refractivity (Wildman–Crippen MR) is 112 cm³/mol. The monoisotopic (exact) mass is 372 g/mol. The van der Waals surface area contributed by atoms with E-state index in [9.17, 15) is 4.79 Å². The first-order valence-corrected chi connectivity index (χ1v) is 9.70. The van der Waals surface area contributed by atoms with Crippen LogP contribution in [-0.4, -0.2) is 29.0 Å². The number of hydrogen-bond acceptors (Lipinski definition) is 4. The smallest absolute Gasteiger partial charge is 0.229 e. The first kappa shape index (κ1) is 18.2. The molecule has 0 saturated carbocycles. The SMILES string of the molecule is Cc1ccnc(N2CCCC(C(=O)Nc3ccccc3-c3ccccc3)C2)n1. The minimum absolute atomic E-state index is 0.0562. The summed E-state index contributed by atoms with van der Waals surface area (Å²) in [7, 11) is 0. The Bertz CT molecular complexity index is 958. The Morgan fingerprint density at radius 1 is 1.07 bits per heavy atom. The van der Waals surface area contributed by atoms with Gasteiger partial charge in [-0.15, -0.1) is 0 Å². The van der Waals surface area contributed by atoms with Crippen LogP contribution in [-0.2, 0) is 4.79 Å². The van der Waals surface area contributed by atoms with Crippen LogP contribution in [0.2, 0.25) is 0 Å². The molecular formula is C23H24N4O. The van der Waals surface area contributed by atoms with Gasteiger partial charge in [-0.2, -0.15) is 0 Å². The minimum atomic E-state index is -0.0818. The molecule has 3 aromatic rings. The standard InChI is InChI=1S/C23H24N4O/c1-17-13-14-24-23(25-17)27-15-7-10-19(16-27)22(28)26-21-12-6-5-11-20(21)18-8-3-2-4-9-18/h2-6,8-9,11-14,19H,7,10,15-16H2,1H3,(H,26,28). The molecule has 5 nitrogen and oxygen atoms in total. The topological polar surface area (TPSA) is 58.1 Å². The van der Waals surface area contributed by atoms with Gasteiger partial charge in [0.05, 0.1) is 5.92 Å². The van der Waals surface area contributed by atoms with Gasteiger partial charge >= 0.3 is 0 Å². The van der Waals surface area contributed by atoms with Gasteiger partial charge in [0.15, 0.2) is 0 Å². The molecule has 1 unspecified atom stereocenters. The van der Waals surface area contributed by atoms with E-state index in [1.54, 1.807) is 6.20 Å². The highest BCUT2D eigenvalue weighted by Gasteiger charge is 2.27. The quantitative estimate of drug-likeness (QED) is 0.741. The van der Waals surface area contributed by atoms with E-state index in [1.165, 1.54) is 0 Å². The van der Waals surface area contributed by atoms with E-state index in [2.05, 4.69) is 32.3 Å². The lowest BCUT2D eigenvalue weighted by molar-refractivity contribution is -0.120. The fraction of sp³-hybridized carbons (Fsp3) is 0.261. The van der Waals surface area contributed by atoms with Gasteiger partial charge in [-0.1, -0.05) is 48.5 Å². The number of para-hydroxylation sites is 1. The minimum Gasteiger partial charge on any atom is -0.340 e. The summed E-state index contributed by atoms with van der Waals surface area (Å²) in [6, 6.07) is 20.0. The van der Waals surface area contributed by atoms with Crippen LogP contribution >= 0.6 is 0 Å². The van der Waals surface area contributed by atoms with E-state index in [0.717, 1.165) is 41.9 Å². The molecule has 1 aromatic heterocycles. The molecule has 4 rings (SSSR count). The Balaban J connectivity index is 1.50. The number of benzene rings is 2. The van der Waals surface area contributed by atoms with Crippen molar-refractivity contribution in [1.29, 1.82) is 0 Å². The zero-order chi connectivity index (χ0) is 19.3. The maximum absolute atomic E-state index is 13.0. The van der Waals surface area contributed by atoms with Crippen molar-refractivity contribution in [3.05, 3.63) is 72.6 Å².